The van der Waals surface area contributed by atoms with Crippen LogP contribution in [0.4, 0.5) is 0 Å². The number of hydrogen-bond donors (Lipinski definition) is 0. The van der Waals surface area contributed by atoms with Gasteiger partial charge in [-0.2, -0.15) is 0 Å². The average Bonchev–Trinajstić information content (AvgIpc) is 3.03. The predicted molar refractivity (Wildman–Crippen MR) is 137 cm³/mol. The molecule has 0 saturated carbocycles. The van der Waals surface area contributed by atoms with Gasteiger partial charge in [-0.3, -0.25) is 0 Å². The molecule has 0 aliphatic heterocycles. The first-order valence-corrected chi connectivity index (χ1v) is 17.0. The van der Waals surface area contributed by atoms with Crippen LogP contribution in [-0.4, -0.2) is 13.4 Å². The van der Waals surface area contributed by atoms with Gasteiger partial charge in [-0.1, -0.05) is 0 Å². The van der Waals surface area contributed by atoms with Crippen molar-refractivity contribution in [2.24, 2.45) is 5.41 Å². The van der Waals surface area contributed by atoms with Gasteiger partial charge in [-0.15, -0.1) is 0 Å². The molecular weight excluding hydrogens is 524 g/mol. The summed E-state index contributed by atoms with van der Waals surface area (Å²) in [7, 11) is 14.5. The van der Waals surface area contributed by atoms with Crippen molar-refractivity contribution < 1.29 is 11.9 Å². The van der Waals surface area contributed by atoms with E-state index in [1.165, 1.54) is 33.4 Å². The summed E-state index contributed by atoms with van der Waals surface area (Å²) >= 11 is -3.55. The molecule has 0 unspecified atom stereocenters. The van der Waals surface area contributed by atoms with Gasteiger partial charge in [0.2, 0.25) is 0 Å². The molecule has 1 heterocycles. The van der Waals surface area contributed by atoms with E-state index in [4.69, 9.17) is 19.4 Å². The van der Waals surface area contributed by atoms with Crippen molar-refractivity contribution in [2.45, 2.75) is 62.3 Å². The van der Waals surface area contributed by atoms with Crippen LogP contribution in [0.2, 0.25) is 0 Å². The number of benzene rings is 2. The van der Waals surface area contributed by atoms with Crippen molar-refractivity contribution >= 4 is 23.6 Å². The maximum atomic E-state index is 7.24. The molecule has 2 nitrogen and oxygen atoms in total. The molecule has 3 rings (SSSR count). The van der Waals surface area contributed by atoms with Gasteiger partial charge in [0.1, 0.15) is 0 Å². The van der Waals surface area contributed by atoms with Crippen LogP contribution in [0.15, 0.2) is 42.7 Å². The number of allylic oxidation sites excluding steroid dienone is 1. The molecule has 0 saturated heterocycles. The van der Waals surface area contributed by atoms with Crippen LogP contribution in [0.1, 0.15) is 54.2 Å². The fraction of sp³-hybridized carbons (Fsp3) is 0.370. The molecule has 0 aliphatic carbocycles. The molecule has 0 N–H and O–H groups in total. The van der Waals surface area contributed by atoms with Crippen molar-refractivity contribution in [2.75, 3.05) is 0 Å². The summed E-state index contributed by atoms with van der Waals surface area (Å²) in [6, 6.07) is 8.84. The minimum absolute atomic E-state index is 0.0521. The molecule has 0 aliphatic rings. The fourth-order valence-corrected chi connectivity index (χ4v) is 9.25. The Morgan fingerprint density at radius 1 is 0.719 bits per heavy atom. The van der Waals surface area contributed by atoms with E-state index in [0.29, 0.717) is 0 Å². The Bertz CT molecular complexity index is 1270. The number of nitrogens with zero attached hydrogens (tertiary/aromatic N) is 2. The van der Waals surface area contributed by atoms with Gasteiger partial charge in [0.05, 0.1) is 0 Å². The van der Waals surface area contributed by atoms with Gasteiger partial charge in [-0.25, -0.2) is 0 Å². The molecule has 0 amide bonds. The van der Waals surface area contributed by atoms with E-state index in [0.717, 1.165) is 15.4 Å². The predicted octanol–water partition coefficient (Wildman–Crippen LogP) is 8.12. The van der Waals surface area contributed by atoms with Crippen molar-refractivity contribution in [3.05, 3.63) is 80.1 Å². The molecule has 3 aromatic rings. The van der Waals surface area contributed by atoms with Crippen LogP contribution in [0.5, 0.6) is 0 Å². The van der Waals surface area contributed by atoms with E-state index in [9.17, 15) is 0 Å². The Morgan fingerprint density at radius 3 is 1.38 bits per heavy atom. The molecule has 0 radical (unpaired) electrons. The Morgan fingerprint density at radius 2 is 1.06 bits per heavy atom. The summed E-state index contributed by atoms with van der Waals surface area (Å²) in [5, 5.41) is 0. The summed E-state index contributed by atoms with van der Waals surface area (Å²) < 4.78 is 8.75. The summed E-state index contributed by atoms with van der Waals surface area (Å²) in [6.45, 7) is 19.3. The van der Waals surface area contributed by atoms with Crippen molar-refractivity contribution in [1.29, 1.82) is 0 Å². The summed E-state index contributed by atoms with van der Waals surface area (Å²) in [5.41, 5.74) is 9.52. The Kier molecular flexibility index (Phi) is 7.10. The third-order valence-corrected chi connectivity index (χ3v) is 10.3. The zero-order valence-electron chi connectivity index (χ0n) is 20.5. The number of imidazole rings is 1. The Balaban J connectivity index is 2.62. The Labute approximate surface area is 203 Å². The van der Waals surface area contributed by atoms with Crippen LogP contribution in [0.3, 0.4) is 0 Å². The summed E-state index contributed by atoms with van der Waals surface area (Å²) in [6.07, 6.45) is 6.22. The number of aryl methyl sites for hydroxylation is 6. The van der Waals surface area contributed by atoms with Crippen LogP contribution in [-0.2, 0) is 11.9 Å². The van der Waals surface area contributed by atoms with Gasteiger partial charge < -0.3 is 0 Å². The topological polar surface area (TPSA) is 9.86 Å². The third-order valence-electron chi connectivity index (χ3n) is 5.31. The number of halogens is 2. The maximum absolute atomic E-state index is 7.24. The zero-order valence-corrected chi connectivity index (χ0v) is 23.8. The van der Waals surface area contributed by atoms with E-state index in [1.807, 2.05) is 6.08 Å². The van der Waals surface area contributed by atoms with Crippen molar-refractivity contribution in [3.63, 3.8) is 0 Å². The van der Waals surface area contributed by atoms with Gasteiger partial charge in [0, 0.05) is 0 Å². The second kappa shape index (κ2) is 9.04. The number of rotatable bonds is 2. The normalized spacial score (nSPS) is 12.6. The fourth-order valence-electron chi connectivity index (χ4n) is 4.28. The minimum atomic E-state index is -3.55. The van der Waals surface area contributed by atoms with Crippen molar-refractivity contribution in [3.8, 4) is 11.4 Å². The molecule has 1 aromatic heterocycles. The quantitative estimate of drug-likeness (QED) is 0.281. The standard InChI is InChI=1S/C21H24N2.C6H10.2ClH.Ru/c1-14-9-16(3)20(17(4)10-14)22-7-8-23(13-22)21-18(5)11-15(2)12-19(21)6;1-5-6(2,3)4;;;/h7-12H,1-6H3;5H,2-4H3;2*1H;/q;;;;+2/p-2. The molecule has 174 valence electrons. The number of hydrogen-bond acceptors (Lipinski definition) is 0. The summed E-state index contributed by atoms with van der Waals surface area (Å²) in [4.78, 5) is 0. The van der Waals surface area contributed by atoms with Gasteiger partial charge in [0.15, 0.2) is 0 Å². The molecule has 2 aromatic carbocycles. The molecule has 0 atom stereocenters. The third kappa shape index (κ3) is 5.18. The van der Waals surface area contributed by atoms with E-state index < -0.39 is 11.9 Å². The first-order chi connectivity index (χ1) is 14.7. The molecule has 0 spiro atoms. The van der Waals surface area contributed by atoms with Crippen LogP contribution < -0.4 is 0 Å². The molecule has 0 bridgehead atoms. The van der Waals surface area contributed by atoms with Crippen LogP contribution in [0, 0.1) is 51.0 Å². The Hall–Kier alpha value is -1.50. The van der Waals surface area contributed by atoms with E-state index in [-0.39, 0.29) is 5.41 Å². The zero-order chi connectivity index (χ0) is 24.0. The van der Waals surface area contributed by atoms with Gasteiger partial charge >= 0.3 is 204 Å². The van der Waals surface area contributed by atoms with Crippen LogP contribution in [0.25, 0.3) is 11.4 Å². The average molecular weight is 559 g/mol. The van der Waals surface area contributed by atoms with Crippen LogP contribution >= 0.6 is 19.4 Å². The monoisotopic (exact) mass is 558 g/mol. The second-order valence-corrected chi connectivity index (χ2v) is 18.6. The first-order valence-electron chi connectivity index (χ1n) is 10.8. The van der Waals surface area contributed by atoms with E-state index >= 15 is 0 Å². The SMILES string of the molecule is Cc1cc(C)c(-n2ccn(-c3c(C)cc(C)cc3C)[c]2=[Ru]([Cl])([Cl])=[C]=CC(C)(C)C)c(C)c1. The van der Waals surface area contributed by atoms with Gasteiger partial charge in [-0.05, 0) is 0 Å². The van der Waals surface area contributed by atoms with Gasteiger partial charge in [0.25, 0.3) is 0 Å². The molecule has 32 heavy (non-hydrogen) atoms. The molecule has 5 heteroatoms. The van der Waals surface area contributed by atoms with E-state index in [2.05, 4.69) is 112 Å². The summed E-state index contributed by atoms with van der Waals surface area (Å²) in [5.74, 6) is 0. The van der Waals surface area contributed by atoms with Crippen molar-refractivity contribution in [1.82, 2.24) is 9.13 Å². The molecule has 0 fully saturated rings. The second-order valence-electron chi connectivity index (χ2n) is 9.81. The van der Waals surface area contributed by atoms with E-state index in [1.54, 1.807) is 0 Å². The molecular formula is C27H34Cl2N2Ru. The number of aromatic nitrogens is 2. The first kappa shape index (κ1) is 25.1.